The highest BCUT2D eigenvalue weighted by molar-refractivity contribution is 9.11. The molecule has 0 heterocycles. The standard InChI is InChI=1S/C17H20Br3NO3/c1-4-5-24-21-8-12-15(17(12,2)3)16(22)23-9-11-13(19)6-10(18)7-14(11)20/h6-8,12,15H,4-5,9H2,1-3H3. The van der Waals surface area contributed by atoms with Crippen LogP contribution >= 0.6 is 47.8 Å². The highest BCUT2D eigenvalue weighted by Gasteiger charge is 2.62. The highest BCUT2D eigenvalue weighted by Crippen LogP contribution is 2.57. The van der Waals surface area contributed by atoms with Crippen LogP contribution in [-0.2, 0) is 21.0 Å². The lowest BCUT2D eigenvalue weighted by Gasteiger charge is -2.10. The lowest BCUT2D eigenvalue weighted by molar-refractivity contribution is -0.147. The summed E-state index contributed by atoms with van der Waals surface area (Å²) in [5, 5.41) is 3.95. The fraction of sp³-hybridized carbons (Fsp3) is 0.529. The summed E-state index contributed by atoms with van der Waals surface area (Å²) in [5.74, 6) is -0.327. The number of halogens is 3. The number of hydrogen-bond donors (Lipinski definition) is 0. The number of carbonyl (C=O) groups excluding carboxylic acids is 1. The van der Waals surface area contributed by atoms with E-state index in [1.807, 2.05) is 32.9 Å². The zero-order valence-corrected chi connectivity index (χ0v) is 18.6. The molecule has 7 heteroatoms. The third-order valence-electron chi connectivity index (χ3n) is 4.22. The second-order valence-electron chi connectivity index (χ2n) is 6.37. The molecule has 0 saturated heterocycles. The Morgan fingerprint density at radius 3 is 2.50 bits per heavy atom. The van der Waals surface area contributed by atoms with Crippen LogP contribution in [0.2, 0.25) is 0 Å². The predicted molar refractivity (Wildman–Crippen MR) is 105 cm³/mol. The van der Waals surface area contributed by atoms with Crippen molar-refractivity contribution in [1.82, 2.24) is 0 Å². The number of ether oxygens (including phenoxy) is 1. The molecule has 0 radical (unpaired) electrons. The van der Waals surface area contributed by atoms with Gasteiger partial charge in [0.25, 0.3) is 0 Å². The summed E-state index contributed by atoms with van der Waals surface area (Å²) in [4.78, 5) is 17.5. The van der Waals surface area contributed by atoms with Crippen LogP contribution < -0.4 is 0 Å². The van der Waals surface area contributed by atoms with Crippen molar-refractivity contribution in [3.8, 4) is 0 Å². The predicted octanol–water partition coefficient (Wildman–Crippen LogP) is 5.70. The smallest absolute Gasteiger partial charge is 0.310 e. The zero-order valence-electron chi connectivity index (χ0n) is 13.8. The Hall–Kier alpha value is -0.400. The Bertz CT molecular complexity index is 623. The molecule has 132 valence electrons. The summed E-state index contributed by atoms with van der Waals surface area (Å²) < 4.78 is 8.25. The van der Waals surface area contributed by atoms with E-state index in [1.165, 1.54) is 0 Å². The van der Waals surface area contributed by atoms with E-state index in [1.54, 1.807) is 6.21 Å². The molecule has 1 aliphatic rings. The molecule has 2 rings (SSSR count). The van der Waals surface area contributed by atoms with E-state index in [-0.39, 0.29) is 29.8 Å². The molecule has 0 spiro atoms. The Morgan fingerprint density at radius 2 is 1.92 bits per heavy atom. The number of hydrogen-bond acceptors (Lipinski definition) is 4. The third kappa shape index (κ3) is 4.61. The van der Waals surface area contributed by atoms with Gasteiger partial charge in [0.05, 0.1) is 5.92 Å². The number of rotatable bonds is 7. The van der Waals surface area contributed by atoms with Crippen LogP contribution in [0.1, 0.15) is 32.8 Å². The van der Waals surface area contributed by atoms with Crippen LogP contribution in [0.5, 0.6) is 0 Å². The monoisotopic (exact) mass is 523 g/mol. The van der Waals surface area contributed by atoms with Gasteiger partial charge in [-0.25, -0.2) is 0 Å². The first kappa shape index (κ1) is 19.9. The SMILES string of the molecule is CCCON=CC1C(C(=O)OCc2c(Br)cc(Br)cc2Br)C1(C)C. The Morgan fingerprint density at radius 1 is 1.29 bits per heavy atom. The molecule has 1 fully saturated rings. The zero-order chi connectivity index (χ0) is 17.9. The van der Waals surface area contributed by atoms with Crippen molar-refractivity contribution in [2.45, 2.75) is 33.8 Å². The first-order chi connectivity index (χ1) is 11.3. The minimum absolute atomic E-state index is 0.0543. The van der Waals surface area contributed by atoms with Gasteiger partial charge in [-0.05, 0) is 24.0 Å². The summed E-state index contributed by atoms with van der Waals surface area (Å²) >= 11 is 10.4. The summed E-state index contributed by atoms with van der Waals surface area (Å²) in [5.41, 5.74) is 0.756. The lowest BCUT2D eigenvalue weighted by Crippen LogP contribution is -2.11. The minimum atomic E-state index is -0.200. The van der Waals surface area contributed by atoms with Gasteiger partial charge in [0.15, 0.2) is 0 Å². The van der Waals surface area contributed by atoms with Crippen LogP contribution in [0.15, 0.2) is 30.7 Å². The number of carbonyl (C=O) groups is 1. The highest BCUT2D eigenvalue weighted by atomic mass is 79.9. The molecule has 1 aliphatic carbocycles. The molecule has 0 aliphatic heterocycles. The molecule has 0 amide bonds. The molecule has 0 bridgehead atoms. The first-order valence-electron chi connectivity index (χ1n) is 7.74. The van der Waals surface area contributed by atoms with E-state index < -0.39 is 0 Å². The minimum Gasteiger partial charge on any atom is -0.460 e. The van der Waals surface area contributed by atoms with E-state index in [9.17, 15) is 4.79 Å². The first-order valence-corrected chi connectivity index (χ1v) is 10.1. The summed E-state index contributed by atoms with van der Waals surface area (Å²) in [6, 6.07) is 3.85. The molecule has 24 heavy (non-hydrogen) atoms. The molecular formula is C17H20Br3NO3. The topological polar surface area (TPSA) is 47.9 Å². The maximum absolute atomic E-state index is 12.4. The maximum Gasteiger partial charge on any atom is 0.310 e. The van der Waals surface area contributed by atoms with Gasteiger partial charge in [-0.1, -0.05) is 73.7 Å². The van der Waals surface area contributed by atoms with Crippen LogP contribution in [0.4, 0.5) is 0 Å². The number of benzene rings is 1. The molecule has 0 aromatic heterocycles. The van der Waals surface area contributed by atoms with Gasteiger partial charge in [-0.2, -0.15) is 0 Å². The Balaban J connectivity index is 1.95. The maximum atomic E-state index is 12.4. The van der Waals surface area contributed by atoms with Crippen LogP contribution in [-0.4, -0.2) is 18.8 Å². The van der Waals surface area contributed by atoms with Crippen LogP contribution in [0.3, 0.4) is 0 Å². The average Bonchev–Trinajstić information content (AvgIpc) is 3.03. The van der Waals surface area contributed by atoms with Gasteiger partial charge in [0, 0.05) is 31.1 Å². The number of oxime groups is 1. The van der Waals surface area contributed by atoms with Gasteiger partial charge in [0.2, 0.25) is 0 Å². The van der Waals surface area contributed by atoms with Gasteiger partial charge in [-0.3, -0.25) is 4.79 Å². The summed E-state index contributed by atoms with van der Waals surface area (Å²) in [7, 11) is 0. The Kier molecular flexibility index (Phi) is 6.90. The molecule has 1 saturated carbocycles. The van der Waals surface area contributed by atoms with Crippen molar-refractivity contribution >= 4 is 60.0 Å². The fourth-order valence-corrected chi connectivity index (χ4v) is 5.09. The second-order valence-corrected chi connectivity index (χ2v) is 8.99. The van der Waals surface area contributed by atoms with Gasteiger partial charge < -0.3 is 9.57 Å². The van der Waals surface area contributed by atoms with E-state index in [2.05, 4.69) is 52.9 Å². The Labute approximate surface area is 167 Å². The normalized spacial score (nSPS) is 21.8. The van der Waals surface area contributed by atoms with E-state index in [4.69, 9.17) is 9.57 Å². The molecular weight excluding hydrogens is 506 g/mol. The molecule has 1 aromatic carbocycles. The van der Waals surface area contributed by atoms with Crippen molar-refractivity contribution in [2.24, 2.45) is 22.4 Å². The lowest BCUT2D eigenvalue weighted by atomic mass is 10.1. The van der Waals surface area contributed by atoms with Crippen molar-refractivity contribution in [2.75, 3.05) is 6.61 Å². The number of esters is 1. The number of nitrogens with zero attached hydrogens (tertiary/aromatic N) is 1. The largest absolute Gasteiger partial charge is 0.460 e. The van der Waals surface area contributed by atoms with E-state index >= 15 is 0 Å². The fourth-order valence-electron chi connectivity index (χ4n) is 2.60. The molecule has 1 aromatic rings. The van der Waals surface area contributed by atoms with Crippen LogP contribution in [0.25, 0.3) is 0 Å². The quantitative estimate of drug-likeness (QED) is 0.198. The van der Waals surface area contributed by atoms with Crippen molar-refractivity contribution in [3.05, 3.63) is 31.1 Å². The van der Waals surface area contributed by atoms with Crippen molar-refractivity contribution in [3.63, 3.8) is 0 Å². The molecule has 2 unspecified atom stereocenters. The molecule has 0 N–H and O–H groups in total. The van der Waals surface area contributed by atoms with Crippen molar-refractivity contribution < 1.29 is 14.4 Å². The average molecular weight is 526 g/mol. The third-order valence-corrected chi connectivity index (χ3v) is 6.09. The second kappa shape index (κ2) is 8.32. The van der Waals surface area contributed by atoms with E-state index in [0.717, 1.165) is 25.4 Å². The summed E-state index contributed by atoms with van der Waals surface area (Å²) in [6.07, 6.45) is 2.64. The van der Waals surface area contributed by atoms with E-state index in [0.29, 0.717) is 6.61 Å². The van der Waals surface area contributed by atoms with Gasteiger partial charge >= 0.3 is 5.97 Å². The van der Waals surface area contributed by atoms with Gasteiger partial charge in [0.1, 0.15) is 13.2 Å². The van der Waals surface area contributed by atoms with Gasteiger partial charge in [-0.15, -0.1) is 0 Å². The van der Waals surface area contributed by atoms with Crippen LogP contribution in [0, 0.1) is 17.3 Å². The van der Waals surface area contributed by atoms with Crippen molar-refractivity contribution in [1.29, 1.82) is 0 Å². The summed E-state index contributed by atoms with van der Waals surface area (Å²) in [6.45, 7) is 6.91. The molecule has 4 nitrogen and oxygen atoms in total. The molecule has 2 atom stereocenters.